The molecule has 6 unspecified atom stereocenters. The number of carbonyl (C=O) groups is 2. The molecule has 0 spiro atoms. The molecule has 0 aliphatic carbocycles. The predicted molar refractivity (Wildman–Crippen MR) is 98.6 cm³/mol. The van der Waals surface area contributed by atoms with Gasteiger partial charge in [0.25, 0.3) is 0 Å². The van der Waals surface area contributed by atoms with Crippen molar-refractivity contribution < 1.29 is 18.4 Å². The van der Waals surface area contributed by atoms with E-state index in [0.717, 1.165) is 18.5 Å². The molecule has 3 heterocycles. The third-order valence-electron chi connectivity index (χ3n) is 6.17. The molecule has 4 N–H and O–H groups in total. The topological polar surface area (TPSA) is 82.3 Å². The van der Waals surface area contributed by atoms with Crippen LogP contribution in [0.25, 0.3) is 0 Å². The SMILES string of the molecule is CC1=C(CC(=O)N[C@@H](C)C2NCC(F)CC2F)C(=O)NC2CCNC(C)C12. The lowest BCUT2D eigenvalue weighted by molar-refractivity contribution is -0.125. The number of halogens is 2. The molecule has 152 valence electrons. The molecule has 6 nitrogen and oxygen atoms in total. The van der Waals surface area contributed by atoms with Crippen LogP contribution in [0.3, 0.4) is 0 Å². The molecular weight excluding hydrogens is 354 g/mol. The quantitative estimate of drug-likeness (QED) is 0.576. The molecule has 0 aromatic carbocycles. The van der Waals surface area contributed by atoms with Crippen molar-refractivity contribution in [1.29, 1.82) is 0 Å². The van der Waals surface area contributed by atoms with Gasteiger partial charge in [-0.1, -0.05) is 5.57 Å². The molecule has 7 atom stereocenters. The van der Waals surface area contributed by atoms with E-state index in [1.54, 1.807) is 6.92 Å². The van der Waals surface area contributed by atoms with Crippen LogP contribution in [0.1, 0.15) is 40.0 Å². The van der Waals surface area contributed by atoms with Gasteiger partial charge in [0.15, 0.2) is 0 Å². The summed E-state index contributed by atoms with van der Waals surface area (Å²) in [6.45, 7) is 6.67. The first-order chi connectivity index (χ1) is 12.8. The van der Waals surface area contributed by atoms with Crippen molar-refractivity contribution in [3.05, 3.63) is 11.1 Å². The summed E-state index contributed by atoms with van der Waals surface area (Å²) in [5, 5.41) is 12.0. The van der Waals surface area contributed by atoms with Gasteiger partial charge in [-0.3, -0.25) is 9.59 Å². The number of alkyl halides is 2. The Balaban J connectivity index is 1.64. The summed E-state index contributed by atoms with van der Waals surface area (Å²) in [4.78, 5) is 25.0. The molecule has 0 bridgehead atoms. The minimum absolute atomic E-state index is 0.0344. The normalized spacial score (nSPS) is 38.0. The minimum Gasteiger partial charge on any atom is -0.352 e. The fourth-order valence-electron chi connectivity index (χ4n) is 4.73. The highest BCUT2D eigenvalue weighted by Gasteiger charge is 2.39. The molecule has 2 amide bonds. The van der Waals surface area contributed by atoms with Gasteiger partial charge in [-0.15, -0.1) is 0 Å². The van der Waals surface area contributed by atoms with Gasteiger partial charge in [-0.25, -0.2) is 8.78 Å². The van der Waals surface area contributed by atoms with E-state index in [2.05, 4.69) is 28.2 Å². The molecule has 2 saturated heterocycles. The number of carbonyl (C=O) groups excluding carboxylic acids is 2. The molecule has 0 radical (unpaired) electrons. The summed E-state index contributed by atoms with van der Waals surface area (Å²) in [5.41, 5.74) is 1.44. The molecule has 3 aliphatic heterocycles. The number of nitrogens with one attached hydrogen (secondary N) is 4. The van der Waals surface area contributed by atoms with Crippen LogP contribution >= 0.6 is 0 Å². The van der Waals surface area contributed by atoms with Crippen LogP contribution in [0, 0.1) is 5.92 Å². The van der Waals surface area contributed by atoms with Gasteiger partial charge in [0.2, 0.25) is 11.8 Å². The molecule has 8 heteroatoms. The van der Waals surface area contributed by atoms with Gasteiger partial charge >= 0.3 is 0 Å². The second-order valence-corrected chi connectivity index (χ2v) is 8.11. The van der Waals surface area contributed by atoms with Crippen LogP contribution in [0.4, 0.5) is 8.78 Å². The zero-order valence-corrected chi connectivity index (χ0v) is 16.1. The average Bonchev–Trinajstić information content (AvgIpc) is 2.58. The van der Waals surface area contributed by atoms with Crippen molar-refractivity contribution in [1.82, 2.24) is 21.3 Å². The van der Waals surface area contributed by atoms with Crippen LogP contribution < -0.4 is 21.3 Å². The van der Waals surface area contributed by atoms with Gasteiger partial charge in [0.1, 0.15) is 12.3 Å². The number of fused-ring (bicyclic) bond motifs is 1. The van der Waals surface area contributed by atoms with Crippen LogP contribution in [0.2, 0.25) is 0 Å². The molecule has 0 aromatic heterocycles. The number of piperidine rings is 2. The zero-order valence-electron chi connectivity index (χ0n) is 16.1. The van der Waals surface area contributed by atoms with Crippen molar-refractivity contribution in [3.63, 3.8) is 0 Å². The van der Waals surface area contributed by atoms with E-state index in [-0.39, 0.29) is 49.2 Å². The van der Waals surface area contributed by atoms with Gasteiger partial charge in [-0.2, -0.15) is 0 Å². The van der Waals surface area contributed by atoms with Gasteiger partial charge < -0.3 is 21.3 Å². The number of hydrogen-bond donors (Lipinski definition) is 4. The van der Waals surface area contributed by atoms with Gasteiger partial charge in [-0.05, 0) is 33.7 Å². The summed E-state index contributed by atoms with van der Waals surface area (Å²) in [6, 6.07) is -0.778. The lowest BCUT2D eigenvalue weighted by atomic mass is 9.76. The van der Waals surface area contributed by atoms with E-state index in [1.807, 2.05) is 6.92 Å². The summed E-state index contributed by atoms with van der Waals surface area (Å²) in [5.74, 6) is -0.336. The first kappa shape index (κ1) is 20.2. The Hall–Kier alpha value is -1.54. The van der Waals surface area contributed by atoms with Crippen molar-refractivity contribution in [2.24, 2.45) is 5.92 Å². The Morgan fingerprint density at radius 2 is 2.07 bits per heavy atom. The maximum Gasteiger partial charge on any atom is 0.247 e. The summed E-state index contributed by atoms with van der Waals surface area (Å²) < 4.78 is 27.3. The minimum atomic E-state index is -1.35. The number of rotatable bonds is 4. The van der Waals surface area contributed by atoms with Crippen molar-refractivity contribution >= 4 is 11.8 Å². The highest BCUT2D eigenvalue weighted by molar-refractivity contribution is 6.00. The van der Waals surface area contributed by atoms with Crippen LogP contribution in [-0.4, -0.2) is 61.4 Å². The lowest BCUT2D eigenvalue weighted by Crippen LogP contribution is -2.58. The first-order valence-electron chi connectivity index (χ1n) is 9.82. The van der Waals surface area contributed by atoms with Crippen molar-refractivity contribution in [3.8, 4) is 0 Å². The smallest absolute Gasteiger partial charge is 0.247 e. The van der Waals surface area contributed by atoms with E-state index >= 15 is 0 Å². The third kappa shape index (κ3) is 4.32. The fraction of sp³-hybridized carbons (Fsp3) is 0.789. The maximum atomic E-state index is 14.1. The molecule has 3 aliphatic rings. The average molecular weight is 384 g/mol. The third-order valence-corrected chi connectivity index (χ3v) is 6.17. The molecule has 0 saturated carbocycles. The molecule has 2 fully saturated rings. The van der Waals surface area contributed by atoms with E-state index in [1.165, 1.54) is 0 Å². The van der Waals surface area contributed by atoms with Crippen molar-refractivity contribution in [2.75, 3.05) is 13.1 Å². The second-order valence-electron chi connectivity index (χ2n) is 8.11. The highest BCUT2D eigenvalue weighted by atomic mass is 19.1. The monoisotopic (exact) mass is 384 g/mol. The Morgan fingerprint density at radius 1 is 1.33 bits per heavy atom. The summed E-state index contributed by atoms with van der Waals surface area (Å²) >= 11 is 0. The molecule has 3 rings (SSSR count). The Bertz CT molecular complexity index is 627. The van der Waals surface area contributed by atoms with E-state index < -0.39 is 24.4 Å². The molecular formula is C19H30F2N4O2. The lowest BCUT2D eigenvalue weighted by Gasteiger charge is -2.42. The van der Waals surface area contributed by atoms with Crippen LogP contribution in [-0.2, 0) is 9.59 Å². The van der Waals surface area contributed by atoms with Gasteiger partial charge in [0.05, 0.1) is 12.5 Å². The van der Waals surface area contributed by atoms with E-state index in [4.69, 9.17) is 0 Å². The molecule has 27 heavy (non-hydrogen) atoms. The van der Waals surface area contributed by atoms with Crippen LogP contribution in [0.15, 0.2) is 11.1 Å². The van der Waals surface area contributed by atoms with Gasteiger partial charge in [0, 0.05) is 42.6 Å². The zero-order chi connectivity index (χ0) is 19.7. The highest BCUT2D eigenvalue weighted by Crippen LogP contribution is 2.32. The number of amides is 2. The fourth-order valence-corrected chi connectivity index (χ4v) is 4.73. The summed E-state index contributed by atoms with van der Waals surface area (Å²) in [6.07, 6.45) is -1.86. The summed E-state index contributed by atoms with van der Waals surface area (Å²) in [7, 11) is 0. The standard InChI is InChI=1S/C19H30F2N4O2/c1-9-13(19(27)25-15-4-5-22-10(2)17(9)15)7-16(26)24-11(3)18-14(21)6-12(20)8-23-18/h10-12,14-15,17-18,22-23H,4-8H2,1-3H3,(H,24,26)(H,25,27)/t10?,11-,12?,14?,15?,17?,18?/m0/s1. The Morgan fingerprint density at radius 3 is 2.78 bits per heavy atom. The van der Waals surface area contributed by atoms with E-state index in [0.29, 0.717) is 5.57 Å². The largest absolute Gasteiger partial charge is 0.352 e. The second kappa shape index (κ2) is 8.22. The Labute approximate surface area is 158 Å². The van der Waals surface area contributed by atoms with Crippen LogP contribution in [0.5, 0.6) is 0 Å². The molecule has 0 aromatic rings. The maximum absolute atomic E-state index is 14.1. The predicted octanol–water partition coefficient (Wildman–Crippen LogP) is 0.732. The van der Waals surface area contributed by atoms with Crippen molar-refractivity contribution in [2.45, 2.75) is 76.5 Å². The first-order valence-corrected chi connectivity index (χ1v) is 9.82. The Kier molecular flexibility index (Phi) is 6.15. The van der Waals surface area contributed by atoms with E-state index in [9.17, 15) is 18.4 Å². The number of hydrogen-bond acceptors (Lipinski definition) is 4.